The highest BCUT2D eigenvalue weighted by Crippen LogP contribution is 2.08. The Bertz CT molecular complexity index is 267. The largest absolute Gasteiger partial charge is 0.515 e. The summed E-state index contributed by atoms with van der Waals surface area (Å²) in [7, 11) is 0. The molecule has 0 saturated heterocycles. The molecule has 1 aromatic heterocycles. The molecule has 1 N–H and O–H groups in total. The van der Waals surface area contributed by atoms with E-state index < -0.39 is 0 Å². The van der Waals surface area contributed by atoms with Crippen LogP contribution >= 0.6 is 0 Å². The SMILES string of the molecule is O=CC(=CO)c1ccncc1. The normalized spacial score (nSPS) is 11.1. The van der Waals surface area contributed by atoms with Gasteiger partial charge in [-0.2, -0.15) is 0 Å². The topological polar surface area (TPSA) is 50.2 Å². The highest BCUT2D eigenvalue weighted by atomic mass is 16.2. The van der Waals surface area contributed by atoms with Gasteiger partial charge in [0.1, 0.15) is 0 Å². The van der Waals surface area contributed by atoms with Gasteiger partial charge in [-0.15, -0.1) is 0 Å². The molecule has 0 amide bonds. The Labute approximate surface area is 64.0 Å². The summed E-state index contributed by atoms with van der Waals surface area (Å²) in [5.74, 6) is 0. The Kier molecular flexibility index (Phi) is 2.38. The Hall–Kier alpha value is -1.64. The number of nitrogens with zero attached hydrogens (tertiary/aromatic N) is 1. The predicted molar refractivity (Wildman–Crippen MR) is 40.9 cm³/mol. The summed E-state index contributed by atoms with van der Waals surface area (Å²) in [6.07, 6.45) is 4.49. The molecule has 3 heteroatoms. The number of pyridine rings is 1. The predicted octanol–water partition coefficient (Wildman–Crippen LogP) is 1.18. The number of allylic oxidation sites excluding steroid dienone is 1. The smallest absolute Gasteiger partial charge is 0.153 e. The number of rotatable bonds is 2. The van der Waals surface area contributed by atoms with E-state index in [9.17, 15) is 4.79 Å². The van der Waals surface area contributed by atoms with Crippen LogP contribution in [-0.2, 0) is 4.79 Å². The van der Waals surface area contributed by atoms with Crippen molar-refractivity contribution in [3.8, 4) is 0 Å². The monoisotopic (exact) mass is 149 g/mol. The van der Waals surface area contributed by atoms with Gasteiger partial charge in [0, 0.05) is 12.4 Å². The highest BCUT2D eigenvalue weighted by Gasteiger charge is 1.96. The molecule has 1 heterocycles. The van der Waals surface area contributed by atoms with Crippen LogP contribution in [0.25, 0.3) is 5.57 Å². The van der Waals surface area contributed by atoms with Gasteiger partial charge in [-0.3, -0.25) is 9.78 Å². The first-order chi connectivity index (χ1) is 5.38. The van der Waals surface area contributed by atoms with Gasteiger partial charge in [0.15, 0.2) is 6.29 Å². The number of aldehydes is 1. The second kappa shape index (κ2) is 3.51. The van der Waals surface area contributed by atoms with Crippen LogP contribution in [0.5, 0.6) is 0 Å². The second-order valence-electron chi connectivity index (χ2n) is 1.94. The third-order valence-corrected chi connectivity index (χ3v) is 1.28. The molecule has 56 valence electrons. The van der Waals surface area contributed by atoms with E-state index in [4.69, 9.17) is 5.11 Å². The highest BCUT2D eigenvalue weighted by molar-refractivity contribution is 6.06. The molecule has 0 bridgehead atoms. The number of carbonyl (C=O) groups excluding carboxylic acids is 1. The van der Waals surface area contributed by atoms with Gasteiger partial charge in [0.2, 0.25) is 0 Å². The maximum Gasteiger partial charge on any atom is 0.153 e. The Morgan fingerprint density at radius 3 is 2.55 bits per heavy atom. The van der Waals surface area contributed by atoms with Crippen LogP contribution in [0.15, 0.2) is 30.8 Å². The summed E-state index contributed by atoms with van der Waals surface area (Å²) in [5, 5.41) is 8.57. The van der Waals surface area contributed by atoms with Crippen LogP contribution in [0.4, 0.5) is 0 Å². The minimum absolute atomic E-state index is 0.257. The van der Waals surface area contributed by atoms with E-state index in [1.54, 1.807) is 24.5 Å². The first-order valence-electron chi connectivity index (χ1n) is 3.08. The molecule has 0 aliphatic heterocycles. The van der Waals surface area contributed by atoms with Crippen LogP contribution in [0.3, 0.4) is 0 Å². The second-order valence-corrected chi connectivity index (χ2v) is 1.94. The Morgan fingerprint density at radius 2 is 2.09 bits per heavy atom. The van der Waals surface area contributed by atoms with Crippen LogP contribution < -0.4 is 0 Å². The minimum atomic E-state index is 0.257. The summed E-state index contributed by atoms with van der Waals surface area (Å²) >= 11 is 0. The number of hydrogen-bond acceptors (Lipinski definition) is 3. The molecule has 1 rings (SSSR count). The fourth-order valence-electron chi connectivity index (χ4n) is 0.717. The van der Waals surface area contributed by atoms with Gasteiger partial charge in [0.25, 0.3) is 0 Å². The number of hydrogen-bond donors (Lipinski definition) is 1. The van der Waals surface area contributed by atoms with Gasteiger partial charge < -0.3 is 5.11 Å². The summed E-state index contributed by atoms with van der Waals surface area (Å²) in [4.78, 5) is 14.1. The third kappa shape index (κ3) is 1.64. The van der Waals surface area contributed by atoms with Crippen molar-refractivity contribution in [2.24, 2.45) is 0 Å². The van der Waals surface area contributed by atoms with Crippen molar-refractivity contribution in [2.75, 3.05) is 0 Å². The van der Waals surface area contributed by atoms with Crippen molar-refractivity contribution in [1.82, 2.24) is 4.98 Å². The van der Waals surface area contributed by atoms with Gasteiger partial charge in [-0.05, 0) is 17.7 Å². The van der Waals surface area contributed by atoms with Gasteiger partial charge in [-0.25, -0.2) is 0 Å². The summed E-state index contributed by atoms with van der Waals surface area (Å²) in [6, 6.07) is 3.30. The van der Waals surface area contributed by atoms with Crippen molar-refractivity contribution in [1.29, 1.82) is 0 Å². The molecule has 0 aromatic carbocycles. The maximum absolute atomic E-state index is 10.3. The lowest BCUT2D eigenvalue weighted by Crippen LogP contribution is -1.85. The molecular weight excluding hydrogens is 142 g/mol. The zero-order valence-electron chi connectivity index (χ0n) is 5.77. The lowest BCUT2D eigenvalue weighted by molar-refractivity contribution is -0.103. The molecular formula is C8H7NO2. The molecule has 0 aliphatic rings. The summed E-state index contributed by atoms with van der Waals surface area (Å²) < 4.78 is 0. The van der Waals surface area contributed by atoms with Crippen molar-refractivity contribution in [3.63, 3.8) is 0 Å². The Morgan fingerprint density at radius 1 is 1.45 bits per heavy atom. The van der Waals surface area contributed by atoms with Gasteiger partial charge >= 0.3 is 0 Å². The molecule has 11 heavy (non-hydrogen) atoms. The number of aliphatic hydroxyl groups is 1. The molecule has 0 unspecified atom stereocenters. The van der Waals surface area contributed by atoms with E-state index in [0.29, 0.717) is 11.8 Å². The third-order valence-electron chi connectivity index (χ3n) is 1.28. The molecule has 0 aliphatic carbocycles. The zero-order chi connectivity index (χ0) is 8.10. The van der Waals surface area contributed by atoms with Crippen molar-refractivity contribution in [3.05, 3.63) is 36.4 Å². The molecule has 1 aromatic rings. The van der Waals surface area contributed by atoms with E-state index in [2.05, 4.69) is 4.98 Å². The lowest BCUT2D eigenvalue weighted by Gasteiger charge is -1.94. The number of carbonyl (C=O) groups is 1. The average molecular weight is 149 g/mol. The maximum atomic E-state index is 10.3. The average Bonchev–Trinajstić information content (AvgIpc) is 2.09. The molecule has 0 spiro atoms. The van der Waals surface area contributed by atoms with Crippen molar-refractivity contribution in [2.45, 2.75) is 0 Å². The van der Waals surface area contributed by atoms with E-state index in [1.807, 2.05) is 0 Å². The van der Waals surface area contributed by atoms with E-state index in [-0.39, 0.29) is 5.57 Å². The molecule has 0 fully saturated rings. The first kappa shape index (κ1) is 7.47. The zero-order valence-corrected chi connectivity index (χ0v) is 5.77. The Balaban J connectivity index is 3.01. The van der Waals surface area contributed by atoms with E-state index >= 15 is 0 Å². The molecule has 0 saturated carbocycles. The van der Waals surface area contributed by atoms with E-state index in [0.717, 1.165) is 6.26 Å². The molecule has 0 atom stereocenters. The molecule has 0 radical (unpaired) electrons. The summed E-state index contributed by atoms with van der Waals surface area (Å²) in [5.41, 5.74) is 0.921. The lowest BCUT2D eigenvalue weighted by atomic mass is 10.1. The van der Waals surface area contributed by atoms with Crippen LogP contribution in [0.2, 0.25) is 0 Å². The fraction of sp³-hybridized carbons (Fsp3) is 0. The van der Waals surface area contributed by atoms with E-state index in [1.165, 1.54) is 0 Å². The molecule has 3 nitrogen and oxygen atoms in total. The first-order valence-corrected chi connectivity index (χ1v) is 3.08. The standard InChI is InChI=1S/C8H7NO2/c10-5-8(6-11)7-1-3-9-4-2-7/h1-6,10H. The van der Waals surface area contributed by atoms with Crippen LogP contribution in [0.1, 0.15) is 5.56 Å². The quantitative estimate of drug-likeness (QED) is 0.390. The van der Waals surface area contributed by atoms with Crippen LogP contribution in [-0.4, -0.2) is 16.4 Å². The van der Waals surface area contributed by atoms with Crippen molar-refractivity contribution >= 4 is 11.9 Å². The van der Waals surface area contributed by atoms with Crippen molar-refractivity contribution < 1.29 is 9.90 Å². The number of aliphatic hydroxyl groups excluding tert-OH is 1. The van der Waals surface area contributed by atoms with Gasteiger partial charge in [0.05, 0.1) is 11.8 Å². The number of aromatic nitrogens is 1. The summed E-state index contributed by atoms with van der Waals surface area (Å²) in [6.45, 7) is 0. The fourth-order valence-corrected chi connectivity index (χ4v) is 0.717. The minimum Gasteiger partial charge on any atom is -0.515 e. The van der Waals surface area contributed by atoms with Crippen LogP contribution in [0, 0.1) is 0 Å². The van der Waals surface area contributed by atoms with Gasteiger partial charge in [-0.1, -0.05) is 0 Å².